The zero-order chi connectivity index (χ0) is 17.1. The number of amides is 1. The minimum Gasteiger partial charge on any atom is -0.378 e. The summed E-state index contributed by atoms with van der Waals surface area (Å²) in [7, 11) is 0. The number of aromatic nitrogens is 2. The molecule has 0 aliphatic carbocycles. The number of nitrogens with zero attached hydrogens (tertiary/aromatic N) is 4. The molecule has 2 saturated heterocycles. The Morgan fingerprint density at radius 3 is 2.62 bits per heavy atom. The van der Waals surface area contributed by atoms with Crippen LogP contribution in [-0.4, -0.2) is 65.2 Å². The Bertz CT molecular complexity index is 554. The van der Waals surface area contributed by atoms with Crippen LogP contribution < -0.4 is 0 Å². The third-order valence-electron chi connectivity index (χ3n) is 5.00. The van der Waals surface area contributed by atoms with Crippen LogP contribution in [0.3, 0.4) is 0 Å². The number of hydrogen-bond acceptors (Lipinski definition) is 6. The van der Waals surface area contributed by atoms with E-state index in [1.165, 1.54) is 0 Å². The second-order valence-electron chi connectivity index (χ2n) is 7.09. The number of carbonyl (C=O) groups is 1. The lowest BCUT2D eigenvalue weighted by atomic mass is 9.95. The van der Waals surface area contributed by atoms with Gasteiger partial charge in [0.15, 0.2) is 5.82 Å². The molecule has 3 heterocycles. The molecular weight excluding hydrogens is 308 g/mol. The molecule has 0 bridgehead atoms. The summed E-state index contributed by atoms with van der Waals surface area (Å²) in [6, 6.07) is 0.0466. The van der Waals surface area contributed by atoms with Crippen LogP contribution in [0, 0.1) is 5.92 Å². The van der Waals surface area contributed by atoms with Gasteiger partial charge in [0, 0.05) is 25.6 Å². The predicted octanol–water partition coefficient (Wildman–Crippen LogP) is 1.82. The Balaban J connectivity index is 1.62. The monoisotopic (exact) mass is 336 g/mol. The summed E-state index contributed by atoms with van der Waals surface area (Å²) in [5.74, 6) is 1.98. The Morgan fingerprint density at radius 1 is 1.21 bits per heavy atom. The van der Waals surface area contributed by atoms with E-state index in [9.17, 15) is 4.79 Å². The summed E-state index contributed by atoms with van der Waals surface area (Å²) in [6.45, 7) is 10.6. The molecule has 134 valence electrons. The van der Waals surface area contributed by atoms with E-state index >= 15 is 0 Å². The third-order valence-corrected chi connectivity index (χ3v) is 5.00. The highest BCUT2D eigenvalue weighted by Crippen LogP contribution is 2.27. The molecule has 2 aliphatic rings. The first kappa shape index (κ1) is 17.4. The van der Waals surface area contributed by atoms with Crippen molar-refractivity contribution in [2.24, 2.45) is 5.92 Å². The summed E-state index contributed by atoms with van der Waals surface area (Å²) in [4.78, 5) is 21.5. The third kappa shape index (κ3) is 3.78. The summed E-state index contributed by atoms with van der Waals surface area (Å²) in [6.07, 6.45) is 1.98. The molecule has 7 nitrogen and oxygen atoms in total. The Kier molecular flexibility index (Phi) is 5.50. The first-order valence-electron chi connectivity index (χ1n) is 9.00. The first-order chi connectivity index (χ1) is 11.6. The summed E-state index contributed by atoms with van der Waals surface area (Å²) >= 11 is 0. The van der Waals surface area contributed by atoms with Crippen molar-refractivity contribution in [2.45, 2.75) is 45.6 Å². The van der Waals surface area contributed by atoms with Crippen molar-refractivity contribution >= 4 is 5.91 Å². The number of carbonyl (C=O) groups excluding carboxylic acids is 1. The number of hydrogen-bond donors (Lipinski definition) is 0. The highest BCUT2D eigenvalue weighted by Gasteiger charge is 2.33. The van der Waals surface area contributed by atoms with Gasteiger partial charge in [-0.15, -0.1) is 0 Å². The molecule has 2 aliphatic heterocycles. The summed E-state index contributed by atoms with van der Waals surface area (Å²) in [5.41, 5.74) is 0. The maximum absolute atomic E-state index is 12.7. The van der Waals surface area contributed by atoms with Gasteiger partial charge in [0.05, 0.1) is 25.2 Å². The maximum Gasteiger partial charge on any atom is 0.243 e. The molecule has 0 aromatic carbocycles. The van der Waals surface area contributed by atoms with Crippen molar-refractivity contribution < 1.29 is 14.1 Å². The minimum atomic E-state index is 0.0466. The van der Waals surface area contributed by atoms with Crippen molar-refractivity contribution in [1.82, 2.24) is 19.9 Å². The van der Waals surface area contributed by atoms with Crippen LogP contribution in [0.25, 0.3) is 0 Å². The SMILES string of the molecule is CC(C)c1noc([C@H](C)N2CCC[C@H](C(=O)N3CCOCC3)C2)n1. The van der Waals surface area contributed by atoms with Crippen molar-refractivity contribution in [3.8, 4) is 0 Å². The van der Waals surface area contributed by atoms with Gasteiger partial charge in [-0.25, -0.2) is 0 Å². The Labute approximate surface area is 143 Å². The van der Waals surface area contributed by atoms with E-state index in [4.69, 9.17) is 9.26 Å². The molecule has 3 rings (SSSR count). The number of rotatable bonds is 4. The van der Waals surface area contributed by atoms with Gasteiger partial charge < -0.3 is 14.2 Å². The molecule has 1 amide bonds. The number of ether oxygens (including phenoxy) is 1. The van der Waals surface area contributed by atoms with Crippen molar-refractivity contribution in [3.63, 3.8) is 0 Å². The van der Waals surface area contributed by atoms with Crippen LogP contribution in [0.5, 0.6) is 0 Å². The second-order valence-corrected chi connectivity index (χ2v) is 7.09. The van der Waals surface area contributed by atoms with Gasteiger partial charge in [0.1, 0.15) is 0 Å². The van der Waals surface area contributed by atoms with E-state index in [2.05, 4.69) is 35.8 Å². The van der Waals surface area contributed by atoms with E-state index in [0.717, 1.165) is 31.8 Å². The van der Waals surface area contributed by atoms with E-state index in [-0.39, 0.29) is 23.8 Å². The van der Waals surface area contributed by atoms with Crippen LogP contribution in [0.2, 0.25) is 0 Å². The molecule has 1 aromatic rings. The topological polar surface area (TPSA) is 71.7 Å². The van der Waals surface area contributed by atoms with Gasteiger partial charge in [-0.1, -0.05) is 19.0 Å². The summed E-state index contributed by atoms with van der Waals surface area (Å²) < 4.78 is 10.8. The fourth-order valence-electron chi connectivity index (χ4n) is 3.41. The lowest BCUT2D eigenvalue weighted by molar-refractivity contribution is -0.141. The van der Waals surface area contributed by atoms with E-state index in [0.29, 0.717) is 32.2 Å². The molecule has 2 fully saturated rings. The number of piperidine rings is 1. The normalized spacial score (nSPS) is 24.3. The largest absolute Gasteiger partial charge is 0.378 e. The fourth-order valence-corrected chi connectivity index (χ4v) is 3.41. The average Bonchev–Trinajstić information content (AvgIpc) is 3.12. The van der Waals surface area contributed by atoms with Gasteiger partial charge in [0.2, 0.25) is 11.8 Å². The Hall–Kier alpha value is -1.47. The molecule has 24 heavy (non-hydrogen) atoms. The van der Waals surface area contributed by atoms with Gasteiger partial charge in [-0.05, 0) is 26.3 Å². The maximum atomic E-state index is 12.7. The smallest absolute Gasteiger partial charge is 0.243 e. The molecule has 0 unspecified atom stereocenters. The fraction of sp³-hybridized carbons (Fsp3) is 0.824. The van der Waals surface area contributed by atoms with E-state index in [1.807, 2.05) is 4.90 Å². The number of morpholine rings is 1. The highest BCUT2D eigenvalue weighted by molar-refractivity contribution is 5.79. The van der Waals surface area contributed by atoms with Crippen molar-refractivity contribution in [3.05, 3.63) is 11.7 Å². The van der Waals surface area contributed by atoms with Gasteiger partial charge >= 0.3 is 0 Å². The number of likely N-dealkylation sites (tertiary alicyclic amines) is 1. The Morgan fingerprint density at radius 2 is 1.96 bits per heavy atom. The molecule has 0 N–H and O–H groups in total. The van der Waals surface area contributed by atoms with E-state index in [1.54, 1.807) is 0 Å². The lowest BCUT2D eigenvalue weighted by Crippen LogP contribution is -2.48. The van der Waals surface area contributed by atoms with Crippen LogP contribution in [0.1, 0.15) is 57.3 Å². The van der Waals surface area contributed by atoms with E-state index < -0.39 is 0 Å². The molecule has 2 atom stereocenters. The molecule has 1 aromatic heterocycles. The van der Waals surface area contributed by atoms with Crippen LogP contribution in [-0.2, 0) is 9.53 Å². The van der Waals surface area contributed by atoms with Crippen molar-refractivity contribution in [1.29, 1.82) is 0 Å². The molecule has 0 saturated carbocycles. The van der Waals surface area contributed by atoms with Crippen LogP contribution in [0.15, 0.2) is 4.52 Å². The standard InChI is InChI=1S/C17H28N4O3/c1-12(2)15-18-16(24-19-15)13(3)21-6-4-5-14(11-21)17(22)20-7-9-23-10-8-20/h12-14H,4-11H2,1-3H3/t13-,14-/m0/s1. The second kappa shape index (κ2) is 7.61. The molecule has 0 spiro atoms. The van der Waals surface area contributed by atoms with Crippen molar-refractivity contribution in [2.75, 3.05) is 39.4 Å². The highest BCUT2D eigenvalue weighted by atomic mass is 16.5. The quantitative estimate of drug-likeness (QED) is 0.835. The van der Waals surface area contributed by atoms with Crippen LogP contribution >= 0.6 is 0 Å². The van der Waals surface area contributed by atoms with Gasteiger partial charge in [-0.2, -0.15) is 4.98 Å². The first-order valence-corrected chi connectivity index (χ1v) is 9.00. The molecule has 7 heteroatoms. The zero-order valence-corrected chi connectivity index (χ0v) is 14.9. The average molecular weight is 336 g/mol. The molecular formula is C17H28N4O3. The predicted molar refractivity (Wildman–Crippen MR) is 88.5 cm³/mol. The lowest BCUT2D eigenvalue weighted by Gasteiger charge is -2.37. The van der Waals surface area contributed by atoms with Gasteiger partial charge in [-0.3, -0.25) is 9.69 Å². The molecule has 0 radical (unpaired) electrons. The summed E-state index contributed by atoms with van der Waals surface area (Å²) in [5, 5.41) is 4.06. The van der Waals surface area contributed by atoms with Crippen LogP contribution in [0.4, 0.5) is 0 Å². The van der Waals surface area contributed by atoms with Gasteiger partial charge in [0.25, 0.3) is 0 Å². The zero-order valence-electron chi connectivity index (χ0n) is 14.9. The minimum absolute atomic E-state index is 0.0466.